The van der Waals surface area contributed by atoms with E-state index in [0.29, 0.717) is 16.3 Å². The predicted molar refractivity (Wildman–Crippen MR) is 95.0 cm³/mol. The lowest BCUT2D eigenvalue weighted by Gasteiger charge is -2.10. The number of ether oxygens (including phenoxy) is 1. The second-order valence-corrected chi connectivity index (χ2v) is 5.97. The summed E-state index contributed by atoms with van der Waals surface area (Å²) in [6.07, 6.45) is -2.33. The van der Waals surface area contributed by atoms with E-state index >= 15 is 0 Å². The van der Waals surface area contributed by atoms with Gasteiger partial charge in [-0.05, 0) is 30.3 Å². The number of aromatic amines is 1. The molecule has 0 saturated carbocycles. The highest BCUT2D eigenvalue weighted by molar-refractivity contribution is 6.30. The van der Waals surface area contributed by atoms with E-state index in [9.17, 15) is 18.0 Å². The molecule has 0 atom stereocenters. The van der Waals surface area contributed by atoms with Gasteiger partial charge in [-0.15, -0.1) is 0 Å². The molecule has 0 saturated heterocycles. The van der Waals surface area contributed by atoms with Crippen LogP contribution >= 0.6 is 11.6 Å². The van der Waals surface area contributed by atoms with Gasteiger partial charge in [-0.2, -0.15) is 13.2 Å². The van der Waals surface area contributed by atoms with E-state index in [1.165, 1.54) is 19.4 Å². The maximum absolute atomic E-state index is 12.8. The van der Waals surface area contributed by atoms with Crippen molar-refractivity contribution >= 4 is 23.2 Å². The van der Waals surface area contributed by atoms with E-state index in [-0.39, 0.29) is 17.1 Å². The molecule has 0 aliphatic heterocycles. The highest BCUT2D eigenvalue weighted by Crippen LogP contribution is 2.35. The molecule has 0 spiro atoms. The van der Waals surface area contributed by atoms with Crippen LogP contribution < -0.4 is 10.1 Å². The number of amides is 1. The van der Waals surface area contributed by atoms with Gasteiger partial charge in [-0.25, -0.2) is 0 Å². The number of aromatic nitrogens is 2. The molecule has 27 heavy (non-hydrogen) atoms. The van der Waals surface area contributed by atoms with Crippen molar-refractivity contribution in [2.45, 2.75) is 6.18 Å². The Balaban J connectivity index is 1.86. The summed E-state index contributed by atoms with van der Waals surface area (Å²) in [7, 11) is 1.35. The lowest BCUT2D eigenvalue weighted by atomic mass is 10.1. The van der Waals surface area contributed by atoms with Crippen LogP contribution in [0.5, 0.6) is 5.75 Å². The second kappa shape index (κ2) is 7.32. The zero-order valence-corrected chi connectivity index (χ0v) is 14.7. The topological polar surface area (TPSA) is 67.0 Å². The Morgan fingerprint density at radius 2 is 1.93 bits per heavy atom. The Labute approximate surface area is 157 Å². The molecule has 2 heterocycles. The summed E-state index contributed by atoms with van der Waals surface area (Å²) >= 11 is 5.80. The fraction of sp³-hybridized carbons (Fsp3) is 0.111. The van der Waals surface area contributed by atoms with Gasteiger partial charge in [0, 0.05) is 29.2 Å². The number of H-pyrrole nitrogens is 1. The Morgan fingerprint density at radius 3 is 2.52 bits per heavy atom. The number of alkyl halides is 3. The number of halogens is 4. The molecule has 0 radical (unpaired) electrons. The highest BCUT2D eigenvalue weighted by Gasteiger charge is 2.32. The van der Waals surface area contributed by atoms with Gasteiger partial charge in [0.25, 0.3) is 5.91 Å². The second-order valence-electron chi connectivity index (χ2n) is 5.53. The number of nitrogens with one attached hydrogen (secondary N) is 2. The van der Waals surface area contributed by atoms with Crippen LogP contribution in [-0.4, -0.2) is 23.0 Å². The monoisotopic (exact) mass is 395 g/mol. The summed E-state index contributed by atoms with van der Waals surface area (Å²) < 4.78 is 43.5. The van der Waals surface area contributed by atoms with Crippen molar-refractivity contribution in [3.8, 4) is 17.0 Å². The number of hydrogen-bond acceptors (Lipinski definition) is 3. The number of rotatable bonds is 4. The van der Waals surface area contributed by atoms with Crippen LogP contribution in [-0.2, 0) is 6.18 Å². The molecular formula is C18H13ClF3N3O2. The number of benzene rings is 1. The maximum atomic E-state index is 12.8. The van der Waals surface area contributed by atoms with Crippen LogP contribution in [0.3, 0.4) is 0 Å². The molecule has 0 aliphatic rings. The van der Waals surface area contributed by atoms with Gasteiger partial charge in [-0.3, -0.25) is 9.78 Å². The fourth-order valence-electron chi connectivity index (χ4n) is 2.37. The molecular weight excluding hydrogens is 383 g/mol. The van der Waals surface area contributed by atoms with Crippen LogP contribution in [0.2, 0.25) is 5.02 Å². The molecule has 9 heteroatoms. The van der Waals surface area contributed by atoms with E-state index in [1.807, 2.05) is 0 Å². The molecule has 0 unspecified atom stereocenters. The largest absolute Gasteiger partial charge is 0.496 e. The number of anilines is 1. The van der Waals surface area contributed by atoms with Crippen LogP contribution in [0.25, 0.3) is 11.3 Å². The number of hydrogen-bond donors (Lipinski definition) is 2. The quantitative estimate of drug-likeness (QED) is 0.652. The van der Waals surface area contributed by atoms with Gasteiger partial charge in [0.05, 0.1) is 23.9 Å². The molecule has 2 aromatic heterocycles. The van der Waals surface area contributed by atoms with E-state index < -0.39 is 17.6 Å². The van der Waals surface area contributed by atoms with E-state index in [0.717, 1.165) is 12.3 Å². The lowest BCUT2D eigenvalue weighted by Crippen LogP contribution is -2.13. The third-order valence-corrected chi connectivity index (χ3v) is 3.97. The van der Waals surface area contributed by atoms with E-state index in [2.05, 4.69) is 15.3 Å². The summed E-state index contributed by atoms with van der Waals surface area (Å²) in [5, 5.41) is 3.18. The van der Waals surface area contributed by atoms with Gasteiger partial charge in [0.15, 0.2) is 0 Å². The van der Waals surface area contributed by atoms with Crippen molar-refractivity contribution in [2.24, 2.45) is 0 Å². The summed E-state index contributed by atoms with van der Waals surface area (Å²) in [6.45, 7) is 0. The van der Waals surface area contributed by atoms with E-state index in [4.69, 9.17) is 16.3 Å². The molecule has 2 N–H and O–H groups in total. The van der Waals surface area contributed by atoms with Crippen LogP contribution in [0.1, 0.15) is 16.1 Å². The zero-order valence-electron chi connectivity index (χ0n) is 13.9. The molecule has 0 fully saturated rings. The number of methoxy groups -OCH3 is 1. The van der Waals surface area contributed by atoms with Crippen molar-refractivity contribution in [1.29, 1.82) is 0 Å². The summed E-state index contributed by atoms with van der Waals surface area (Å²) in [4.78, 5) is 18.9. The smallest absolute Gasteiger partial charge is 0.417 e. The van der Waals surface area contributed by atoms with E-state index in [1.54, 1.807) is 24.3 Å². The average molecular weight is 396 g/mol. The van der Waals surface area contributed by atoms with Crippen LogP contribution in [0.4, 0.5) is 18.9 Å². The first-order valence-electron chi connectivity index (χ1n) is 7.65. The number of carbonyl (C=O) groups is 1. The predicted octanol–water partition coefficient (Wildman–Crippen LogP) is 5.01. The molecule has 1 amide bonds. The standard InChI is InChI=1S/C18H13ClF3N3O2/c1-27-16-7-15(17(26)25-12-4-2-11(19)3-5-12)24-9-13(16)14-6-10(8-23-14)18(20,21)22/h2-9,23H,1H3,(H,25,26). The minimum Gasteiger partial charge on any atom is -0.496 e. The fourth-order valence-corrected chi connectivity index (χ4v) is 2.50. The summed E-state index contributed by atoms with van der Waals surface area (Å²) in [5.41, 5.74) is 0.234. The molecule has 3 rings (SSSR count). The summed E-state index contributed by atoms with van der Waals surface area (Å²) in [5.74, 6) is -0.286. The summed E-state index contributed by atoms with van der Waals surface area (Å²) in [6, 6.07) is 8.81. The number of carbonyl (C=O) groups excluding carboxylic acids is 1. The van der Waals surface area contributed by atoms with Gasteiger partial charge < -0.3 is 15.0 Å². The Bertz CT molecular complexity index is 969. The van der Waals surface area contributed by atoms with Crippen LogP contribution in [0, 0.1) is 0 Å². The zero-order chi connectivity index (χ0) is 19.6. The minimum absolute atomic E-state index is 0.0492. The van der Waals surface area contributed by atoms with Gasteiger partial charge >= 0.3 is 6.18 Å². The third kappa shape index (κ3) is 4.22. The van der Waals surface area contributed by atoms with Gasteiger partial charge in [-0.1, -0.05) is 11.6 Å². The van der Waals surface area contributed by atoms with Crippen molar-refractivity contribution in [3.63, 3.8) is 0 Å². The molecule has 140 valence electrons. The van der Waals surface area contributed by atoms with Crippen LogP contribution in [0.15, 0.2) is 48.8 Å². The molecule has 0 bridgehead atoms. The first-order valence-corrected chi connectivity index (χ1v) is 8.02. The lowest BCUT2D eigenvalue weighted by molar-refractivity contribution is -0.137. The first-order chi connectivity index (χ1) is 12.8. The molecule has 5 nitrogen and oxygen atoms in total. The highest BCUT2D eigenvalue weighted by atomic mass is 35.5. The van der Waals surface area contributed by atoms with Gasteiger partial charge in [0.2, 0.25) is 0 Å². The van der Waals surface area contributed by atoms with Crippen molar-refractivity contribution < 1.29 is 22.7 Å². The maximum Gasteiger partial charge on any atom is 0.417 e. The van der Waals surface area contributed by atoms with Crippen molar-refractivity contribution in [1.82, 2.24) is 9.97 Å². The molecule has 0 aliphatic carbocycles. The average Bonchev–Trinajstić information content (AvgIpc) is 3.13. The Hall–Kier alpha value is -3.00. The van der Waals surface area contributed by atoms with Crippen molar-refractivity contribution in [2.75, 3.05) is 12.4 Å². The molecule has 1 aromatic carbocycles. The van der Waals surface area contributed by atoms with Gasteiger partial charge in [0.1, 0.15) is 11.4 Å². The minimum atomic E-state index is -4.46. The third-order valence-electron chi connectivity index (χ3n) is 3.72. The Morgan fingerprint density at radius 1 is 1.22 bits per heavy atom. The Kier molecular flexibility index (Phi) is 5.09. The number of pyridine rings is 1. The number of nitrogens with zero attached hydrogens (tertiary/aromatic N) is 1. The normalized spacial score (nSPS) is 11.3. The first kappa shape index (κ1) is 18.8. The molecule has 3 aromatic rings. The van der Waals surface area contributed by atoms with Crippen molar-refractivity contribution in [3.05, 3.63) is 65.1 Å². The SMILES string of the molecule is COc1cc(C(=O)Nc2ccc(Cl)cc2)ncc1-c1cc(C(F)(F)F)c[nH]1.